The van der Waals surface area contributed by atoms with Crippen LogP contribution in [0.2, 0.25) is 0 Å². The molecule has 0 unspecified atom stereocenters. The molecule has 0 aliphatic carbocycles. The predicted octanol–water partition coefficient (Wildman–Crippen LogP) is 2.37. The number of alkyl halides is 3. The third-order valence-electron chi connectivity index (χ3n) is 4.04. The number of nitrogens with zero attached hydrogens (tertiary/aromatic N) is 6. The number of anilines is 1. The van der Waals surface area contributed by atoms with Crippen LogP contribution < -0.4 is 4.72 Å². The van der Waals surface area contributed by atoms with Crippen molar-refractivity contribution in [3.8, 4) is 5.69 Å². The zero-order valence-corrected chi connectivity index (χ0v) is 15.5. The van der Waals surface area contributed by atoms with Gasteiger partial charge in [0.05, 0.1) is 23.8 Å². The lowest BCUT2D eigenvalue weighted by Crippen LogP contribution is -2.13. The van der Waals surface area contributed by atoms with E-state index in [1.807, 2.05) is 0 Å². The lowest BCUT2D eigenvalue weighted by Gasteiger charge is -2.08. The number of hydrogen-bond donors (Lipinski definition) is 1. The van der Waals surface area contributed by atoms with Gasteiger partial charge >= 0.3 is 6.18 Å². The minimum atomic E-state index is -4.63. The first kappa shape index (κ1) is 18.9. The fourth-order valence-electron chi connectivity index (χ4n) is 2.70. The third-order valence-corrected chi connectivity index (χ3v) is 5.36. The molecule has 1 N–H and O–H groups in total. The predicted molar refractivity (Wildman–Crippen MR) is 95.7 cm³/mol. The highest BCUT2D eigenvalue weighted by Crippen LogP contribution is 2.29. The van der Waals surface area contributed by atoms with Gasteiger partial charge in [0.2, 0.25) is 0 Å². The molecule has 4 rings (SSSR count). The van der Waals surface area contributed by atoms with Crippen LogP contribution in [0.15, 0.2) is 53.8 Å². The van der Waals surface area contributed by atoms with Crippen LogP contribution >= 0.6 is 0 Å². The number of rotatable bonds is 4. The number of halogens is 3. The first-order chi connectivity index (χ1) is 13.6. The van der Waals surface area contributed by atoms with E-state index in [-0.39, 0.29) is 16.3 Å². The Bertz CT molecular complexity index is 1310. The Hall–Kier alpha value is -3.48. The van der Waals surface area contributed by atoms with Gasteiger partial charge in [-0.15, -0.1) is 5.10 Å². The average Bonchev–Trinajstić information content (AvgIpc) is 3.30. The maximum absolute atomic E-state index is 12.8. The molecular weight excluding hydrogens is 411 g/mol. The summed E-state index contributed by atoms with van der Waals surface area (Å²) >= 11 is 0. The molecule has 0 amide bonds. The van der Waals surface area contributed by atoms with Gasteiger partial charge in [0, 0.05) is 13.2 Å². The van der Waals surface area contributed by atoms with E-state index in [9.17, 15) is 21.6 Å². The first-order valence-corrected chi connectivity index (χ1v) is 9.53. The van der Waals surface area contributed by atoms with Crippen molar-refractivity contribution in [1.29, 1.82) is 0 Å². The maximum atomic E-state index is 12.8. The first-order valence-electron chi connectivity index (χ1n) is 8.05. The molecule has 0 fully saturated rings. The van der Waals surface area contributed by atoms with E-state index in [2.05, 4.69) is 25.1 Å². The molecule has 4 aromatic rings. The largest absolute Gasteiger partial charge is 0.433 e. The van der Waals surface area contributed by atoms with Gasteiger partial charge in [-0.25, -0.2) is 17.8 Å². The minimum absolute atomic E-state index is 0.0201. The Morgan fingerprint density at radius 1 is 1.17 bits per heavy atom. The number of fused-ring (bicyclic) bond motifs is 1. The van der Waals surface area contributed by atoms with E-state index in [0.717, 1.165) is 29.3 Å². The van der Waals surface area contributed by atoms with Crippen molar-refractivity contribution in [2.75, 3.05) is 4.72 Å². The molecule has 0 aliphatic rings. The topological polar surface area (TPSA) is 108 Å². The summed E-state index contributed by atoms with van der Waals surface area (Å²) in [6.07, 6.45) is -1.51. The van der Waals surface area contributed by atoms with Crippen LogP contribution in [0.5, 0.6) is 0 Å². The zero-order chi connectivity index (χ0) is 20.8. The van der Waals surface area contributed by atoms with Crippen molar-refractivity contribution in [2.24, 2.45) is 7.05 Å². The van der Waals surface area contributed by atoms with Crippen molar-refractivity contribution in [3.05, 3.63) is 54.6 Å². The molecule has 29 heavy (non-hydrogen) atoms. The summed E-state index contributed by atoms with van der Waals surface area (Å²) in [5.74, 6) is 0. The van der Waals surface area contributed by atoms with Crippen LogP contribution in [0.25, 0.3) is 16.7 Å². The lowest BCUT2D eigenvalue weighted by molar-refractivity contribution is -0.141. The van der Waals surface area contributed by atoms with Crippen LogP contribution in [0, 0.1) is 0 Å². The normalized spacial score (nSPS) is 12.4. The number of aromatic nitrogens is 6. The Labute approximate surface area is 161 Å². The summed E-state index contributed by atoms with van der Waals surface area (Å²) in [5.41, 5.74) is 0.147. The molecular formula is C16H12F3N7O2S. The van der Waals surface area contributed by atoms with Crippen LogP contribution in [0.4, 0.5) is 18.9 Å². The fourth-order valence-corrected chi connectivity index (χ4v) is 3.70. The molecule has 3 aromatic heterocycles. The number of benzene rings is 1. The summed E-state index contributed by atoms with van der Waals surface area (Å²) < 4.78 is 68.9. The smallest absolute Gasteiger partial charge is 0.277 e. The van der Waals surface area contributed by atoms with E-state index in [1.165, 1.54) is 10.7 Å². The van der Waals surface area contributed by atoms with Gasteiger partial charge in [-0.1, -0.05) is 11.3 Å². The molecule has 0 bridgehead atoms. The molecule has 13 heteroatoms. The second-order valence-corrected chi connectivity index (χ2v) is 7.69. The number of para-hydroxylation sites is 1. The summed E-state index contributed by atoms with van der Waals surface area (Å²) in [5, 5.41) is 11.6. The Balaban J connectivity index is 1.68. The SMILES string of the molecule is Cn1nnc2cccc(NS(=O)(=O)c3cnn(-c4ccnc(C(F)(F)F)c4)c3)c21. The number of aryl methyl sites for hydroxylation is 1. The zero-order valence-electron chi connectivity index (χ0n) is 14.7. The summed E-state index contributed by atoms with van der Waals surface area (Å²) in [6.45, 7) is 0. The molecule has 0 spiro atoms. The van der Waals surface area contributed by atoms with Gasteiger partial charge in [-0.05, 0) is 24.3 Å². The maximum Gasteiger partial charge on any atom is 0.433 e. The van der Waals surface area contributed by atoms with Gasteiger partial charge < -0.3 is 0 Å². The number of nitrogens with one attached hydrogen (secondary N) is 1. The molecule has 0 atom stereocenters. The third kappa shape index (κ3) is 3.51. The van der Waals surface area contributed by atoms with E-state index in [4.69, 9.17) is 0 Å². The van der Waals surface area contributed by atoms with Crippen molar-refractivity contribution < 1.29 is 21.6 Å². The summed E-state index contributed by atoms with van der Waals surface area (Å²) in [4.78, 5) is 3.04. The number of sulfonamides is 1. The molecule has 0 saturated heterocycles. The van der Waals surface area contributed by atoms with Crippen LogP contribution in [-0.4, -0.2) is 38.2 Å². The highest BCUT2D eigenvalue weighted by molar-refractivity contribution is 7.92. The van der Waals surface area contributed by atoms with E-state index in [1.54, 1.807) is 25.2 Å². The molecule has 0 radical (unpaired) electrons. The van der Waals surface area contributed by atoms with Crippen molar-refractivity contribution in [2.45, 2.75) is 11.1 Å². The van der Waals surface area contributed by atoms with Crippen molar-refractivity contribution in [1.82, 2.24) is 29.8 Å². The van der Waals surface area contributed by atoms with Crippen LogP contribution in [0.1, 0.15) is 5.69 Å². The molecule has 150 valence electrons. The van der Waals surface area contributed by atoms with Crippen molar-refractivity contribution in [3.63, 3.8) is 0 Å². The number of hydrogen-bond acceptors (Lipinski definition) is 6. The van der Waals surface area contributed by atoms with E-state index >= 15 is 0 Å². The minimum Gasteiger partial charge on any atom is -0.277 e. The number of pyridine rings is 1. The summed E-state index contributed by atoms with van der Waals surface area (Å²) in [7, 11) is -2.45. The quantitative estimate of drug-likeness (QED) is 0.540. The van der Waals surface area contributed by atoms with Gasteiger partial charge in [0.25, 0.3) is 10.0 Å². The Kier molecular flexibility index (Phi) is 4.26. The second kappa shape index (κ2) is 6.55. The van der Waals surface area contributed by atoms with Crippen LogP contribution in [-0.2, 0) is 23.2 Å². The molecule has 0 saturated carbocycles. The van der Waals surface area contributed by atoms with Gasteiger partial charge in [0.1, 0.15) is 21.6 Å². The highest BCUT2D eigenvalue weighted by atomic mass is 32.2. The van der Waals surface area contributed by atoms with Crippen molar-refractivity contribution >= 4 is 26.7 Å². The van der Waals surface area contributed by atoms with Gasteiger partial charge in [0.15, 0.2) is 0 Å². The summed E-state index contributed by atoms with van der Waals surface area (Å²) in [6, 6.07) is 6.91. The molecule has 1 aromatic carbocycles. The molecule has 9 nitrogen and oxygen atoms in total. The molecule has 0 aliphatic heterocycles. The Morgan fingerprint density at radius 3 is 2.72 bits per heavy atom. The average molecular weight is 423 g/mol. The van der Waals surface area contributed by atoms with E-state index < -0.39 is 21.9 Å². The lowest BCUT2D eigenvalue weighted by atomic mass is 10.3. The van der Waals surface area contributed by atoms with Gasteiger partial charge in [-0.3, -0.25) is 9.71 Å². The standard InChI is InChI=1S/C16H12F3N7O2S/c1-25-15-12(22-24-25)3-2-4-13(15)23-29(27,28)11-8-21-26(9-11)10-5-6-20-14(7-10)16(17,18)19/h2-9,23H,1H3. The van der Waals surface area contributed by atoms with E-state index in [0.29, 0.717) is 11.0 Å². The highest BCUT2D eigenvalue weighted by Gasteiger charge is 2.32. The fraction of sp³-hybridized carbons (Fsp3) is 0.125. The van der Waals surface area contributed by atoms with Gasteiger partial charge in [-0.2, -0.15) is 18.3 Å². The molecule has 3 heterocycles. The van der Waals surface area contributed by atoms with Crippen LogP contribution in [0.3, 0.4) is 0 Å². The monoisotopic (exact) mass is 423 g/mol. The second-order valence-electron chi connectivity index (χ2n) is 6.01. The Morgan fingerprint density at radius 2 is 1.97 bits per heavy atom.